The van der Waals surface area contributed by atoms with E-state index < -0.39 is 24.0 Å². The van der Waals surface area contributed by atoms with Crippen LogP contribution >= 0.6 is 0 Å². The first kappa shape index (κ1) is 18.0. The van der Waals surface area contributed by atoms with E-state index in [9.17, 15) is 14.7 Å². The number of nitrogens with two attached hydrogens (primary N) is 1. The van der Waals surface area contributed by atoms with Crippen LogP contribution in [-0.4, -0.2) is 33.6 Å². The number of aliphatic carboxylic acids is 1. The monoisotopic (exact) mass is 331 g/mol. The SMILES string of the molecule is CCC(C)[C@H](N)C(=O)N[C@H](Cc1cn(C)c2ccccc12)C(=O)O. The lowest BCUT2D eigenvalue weighted by Crippen LogP contribution is -2.51. The minimum absolute atomic E-state index is 0.00278. The van der Waals surface area contributed by atoms with Crippen LogP contribution in [0.4, 0.5) is 0 Å². The second kappa shape index (κ2) is 7.49. The fraction of sp³-hybridized carbons (Fsp3) is 0.444. The zero-order valence-corrected chi connectivity index (χ0v) is 14.3. The number of hydrogen-bond acceptors (Lipinski definition) is 3. The molecule has 4 N–H and O–H groups in total. The van der Waals surface area contributed by atoms with Crippen molar-refractivity contribution < 1.29 is 14.7 Å². The highest BCUT2D eigenvalue weighted by Crippen LogP contribution is 2.21. The first-order valence-corrected chi connectivity index (χ1v) is 8.16. The fourth-order valence-corrected chi connectivity index (χ4v) is 2.79. The number of hydrogen-bond donors (Lipinski definition) is 3. The predicted molar refractivity (Wildman–Crippen MR) is 93.6 cm³/mol. The Morgan fingerprint density at radius 1 is 1.33 bits per heavy atom. The van der Waals surface area contributed by atoms with E-state index in [1.807, 2.05) is 55.9 Å². The van der Waals surface area contributed by atoms with Crippen LogP contribution in [-0.2, 0) is 23.1 Å². The summed E-state index contributed by atoms with van der Waals surface area (Å²) in [6.45, 7) is 3.83. The van der Waals surface area contributed by atoms with Crippen molar-refractivity contribution in [1.82, 2.24) is 9.88 Å². The van der Waals surface area contributed by atoms with Gasteiger partial charge in [-0.15, -0.1) is 0 Å². The van der Waals surface area contributed by atoms with Crippen LogP contribution in [0.5, 0.6) is 0 Å². The van der Waals surface area contributed by atoms with Crippen molar-refractivity contribution in [2.24, 2.45) is 18.7 Å². The third-order valence-corrected chi connectivity index (χ3v) is 4.58. The van der Waals surface area contributed by atoms with Crippen molar-refractivity contribution in [3.8, 4) is 0 Å². The molecule has 0 saturated heterocycles. The summed E-state index contributed by atoms with van der Waals surface area (Å²) in [4.78, 5) is 23.8. The van der Waals surface area contributed by atoms with Crippen molar-refractivity contribution in [2.45, 2.75) is 38.8 Å². The molecule has 2 rings (SSSR count). The summed E-state index contributed by atoms with van der Waals surface area (Å²) in [5.41, 5.74) is 7.81. The van der Waals surface area contributed by atoms with Crippen LogP contribution in [0.1, 0.15) is 25.8 Å². The molecule has 0 fully saturated rings. The van der Waals surface area contributed by atoms with E-state index in [0.717, 1.165) is 22.9 Å². The number of carboxylic acid groups (broad SMARTS) is 1. The molecule has 6 heteroatoms. The molecule has 24 heavy (non-hydrogen) atoms. The molecule has 3 atom stereocenters. The number of carboxylic acids is 1. The van der Waals surface area contributed by atoms with Crippen molar-refractivity contribution in [3.05, 3.63) is 36.0 Å². The van der Waals surface area contributed by atoms with Gasteiger partial charge in [0.05, 0.1) is 6.04 Å². The number of para-hydroxylation sites is 1. The Morgan fingerprint density at radius 2 is 2.00 bits per heavy atom. The standard InChI is InChI=1S/C18H25N3O3/c1-4-11(2)16(19)17(22)20-14(18(23)24)9-12-10-21(3)15-8-6-5-7-13(12)15/h5-8,10-11,14,16H,4,9,19H2,1-3H3,(H,20,22)(H,23,24)/t11?,14-,16+/m1/s1. The van der Waals surface area contributed by atoms with E-state index in [2.05, 4.69) is 5.32 Å². The van der Waals surface area contributed by atoms with Crippen LogP contribution in [0.25, 0.3) is 10.9 Å². The number of benzene rings is 1. The molecule has 0 saturated carbocycles. The van der Waals surface area contributed by atoms with E-state index >= 15 is 0 Å². The lowest BCUT2D eigenvalue weighted by molar-refractivity contribution is -0.142. The molecular formula is C18H25N3O3. The molecule has 6 nitrogen and oxygen atoms in total. The number of carbonyl (C=O) groups is 2. The van der Waals surface area contributed by atoms with Gasteiger partial charge in [0.1, 0.15) is 6.04 Å². The molecule has 0 bridgehead atoms. The van der Waals surface area contributed by atoms with Gasteiger partial charge in [0.25, 0.3) is 0 Å². The Balaban J connectivity index is 2.19. The minimum Gasteiger partial charge on any atom is -0.480 e. The summed E-state index contributed by atoms with van der Waals surface area (Å²) < 4.78 is 1.95. The zero-order chi connectivity index (χ0) is 17.9. The Kier molecular flexibility index (Phi) is 5.62. The Hall–Kier alpha value is -2.34. The van der Waals surface area contributed by atoms with Crippen LogP contribution in [0.15, 0.2) is 30.5 Å². The van der Waals surface area contributed by atoms with E-state index in [4.69, 9.17) is 5.73 Å². The number of aryl methyl sites for hydroxylation is 1. The maximum Gasteiger partial charge on any atom is 0.326 e. The van der Waals surface area contributed by atoms with E-state index in [1.54, 1.807) is 0 Å². The Morgan fingerprint density at radius 3 is 2.62 bits per heavy atom. The number of amides is 1. The normalized spacial score (nSPS) is 15.0. The first-order valence-electron chi connectivity index (χ1n) is 8.16. The highest BCUT2D eigenvalue weighted by molar-refractivity contribution is 5.88. The molecule has 0 aliphatic rings. The van der Waals surface area contributed by atoms with Gasteiger partial charge in [0.2, 0.25) is 5.91 Å². The molecule has 1 amide bonds. The number of carbonyl (C=O) groups excluding carboxylic acids is 1. The van der Waals surface area contributed by atoms with Gasteiger partial charge in [-0.05, 0) is 17.5 Å². The van der Waals surface area contributed by atoms with Crippen LogP contribution in [0.2, 0.25) is 0 Å². The third kappa shape index (κ3) is 3.76. The number of nitrogens with zero attached hydrogens (tertiary/aromatic N) is 1. The maximum atomic E-state index is 12.2. The van der Waals surface area contributed by atoms with E-state index in [1.165, 1.54) is 0 Å². The predicted octanol–water partition coefficient (Wildman–Crippen LogP) is 1.66. The second-order valence-electron chi connectivity index (χ2n) is 6.30. The molecule has 0 aliphatic carbocycles. The molecule has 1 heterocycles. The van der Waals surface area contributed by atoms with Gasteiger partial charge >= 0.3 is 5.97 Å². The Bertz CT molecular complexity index is 738. The van der Waals surface area contributed by atoms with Gasteiger partial charge in [-0.25, -0.2) is 4.79 Å². The van der Waals surface area contributed by atoms with Crippen molar-refractivity contribution >= 4 is 22.8 Å². The molecule has 1 aromatic heterocycles. The van der Waals surface area contributed by atoms with Gasteiger partial charge in [-0.3, -0.25) is 4.79 Å². The van der Waals surface area contributed by atoms with Gasteiger partial charge in [-0.2, -0.15) is 0 Å². The molecule has 0 aliphatic heterocycles. The topological polar surface area (TPSA) is 97.4 Å². The van der Waals surface area contributed by atoms with E-state index in [0.29, 0.717) is 0 Å². The lowest BCUT2D eigenvalue weighted by atomic mass is 9.98. The smallest absolute Gasteiger partial charge is 0.326 e. The van der Waals surface area contributed by atoms with E-state index in [-0.39, 0.29) is 12.3 Å². The van der Waals surface area contributed by atoms with Crippen molar-refractivity contribution in [2.75, 3.05) is 0 Å². The summed E-state index contributed by atoms with van der Waals surface area (Å²) in [7, 11) is 1.92. The molecular weight excluding hydrogens is 306 g/mol. The van der Waals surface area contributed by atoms with Gasteiger partial charge in [0, 0.05) is 30.6 Å². The van der Waals surface area contributed by atoms with Crippen LogP contribution < -0.4 is 11.1 Å². The molecule has 1 unspecified atom stereocenters. The molecule has 1 aromatic carbocycles. The quantitative estimate of drug-likeness (QED) is 0.719. The lowest BCUT2D eigenvalue weighted by Gasteiger charge is -2.21. The Labute approximate surface area is 141 Å². The van der Waals surface area contributed by atoms with Crippen molar-refractivity contribution in [3.63, 3.8) is 0 Å². The molecule has 0 radical (unpaired) electrons. The minimum atomic E-state index is -1.06. The summed E-state index contributed by atoms with van der Waals surface area (Å²) in [6, 6.07) is 6.08. The van der Waals surface area contributed by atoms with Gasteiger partial charge < -0.3 is 20.7 Å². The summed E-state index contributed by atoms with van der Waals surface area (Å²) in [5, 5.41) is 13.1. The van der Waals surface area contributed by atoms with Gasteiger partial charge in [0.15, 0.2) is 0 Å². The fourth-order valence-electron chi connectivity index (χ4n) is 2.79. The largest absolute Gasteiger partial charge is 0.480 e. The second-order valence-corrected chi connectivity index (χ2v) is 6.30. The average Bonchev–Trinajstić information content (AvgIpc) is 2.89. The number of nitrogens with one attached hydrogen (secondary N) is 1. The number of rotatable bonds is 7. The first-order chi connectivity index (χ1) is 11.3. The summed E-state index contributed by atoms with van der Waals surface area (Å²) in [5.74, 6) is -1.48. The number of aromatic nitrogens is 1. The van der Waals surface area contributed by atoms with Crippen LogP contribution in [0, 0.1) is 5.92 Å². The highest BCUT2D eigenvalue weighted by Gasteiger charge is 2.26. The van der Waals surface area contributed by atoms with Crippen molar-refractivity contribution in [1.29, 1.82) is 0 Å². The molecule has 130 valence electrons. The van der Waals surface area contributed by atoms with Crippen LogP contribution in [0.3, 0.4) is 0 Å². The highest BCUT2D eigenvalue weighted by atomic mass is 16.4. The average molecular weight is 331 g/mol. The molecule has 0 spiro atoms. The van der Waals surface area contributed by atoms with Gasteiger partial charge in [-0.1, -0.05) is 38.5 Å². The third-order valence-electron chi connectivity index (χ3n) is 4.58. The summed E-state index contributed by atoms with van der Waals surface area (Å²) in [6.07, 6.45) is 2.88. The zero-order valence-electron chi connectivity index (χ0n) is 14.3. The summed E-state index contributed by atoms with van der Waals surface area (Å²) >= 11 is 0. The maximum absolute atomic E-state index is 12.2. The number of fused-ring (bicyclic) bond motifs is 1. The molecule has 2 aromatic rings.